The Labute approximate surface area is 153 Å². The highest BCUT2D eigenvalue weighted by atomic mass is 14.6. The molecule has 0 aliphatic heterocycles. The second-order valence-electron chi connectivity index (χ2n) is 10.9. The van der Waals surface area contributed by atoms with E-state index in [-0.39, 0.29) is 1.43 Å². The molecule has 4 saturated carbocycles. The van der Waals surface area contributed by atoms with Gasteiger partial charge in [0, 0.05) is 1.43 Å². The lowest BCUT2D eigenvalue weighted by Crippen LogP contribution is -2.53. The molecule has 0 aromatic carbocycles. The summed E-state index contributed by atoms with van der Waals surface area (Å²) in [6, 6.07) is 0. The Kier molecular flexibility index (Phi) is 4.58. The van der Waals surface area contributed by atoms with Gasteiger partial charge >= 0.3 is 0 Å². The normalized spacial score (nSPS) is 52.2. The average molecular weight is 333 g/mol. The molecule has 0 aromatic rings. The van der Waals surface area contributed by atoms with E-state index >= 15 is 0 Å². The minimum Gasteiger partial charge on any atom is -0.0654 e. The number of rotatable bonds is 3. The van der Waals surface area contributed by atoms with E-state index in [9.17, 15) is 0 Å². The first-order chi connectivity index (χ1) is 11.5. The Morgan fingerprint density at radius 2 is 1.67 bits per heavy atom. The van der Waals surface area contributed by atoms with Crippen molar-refractivity contribution in [1.29, 1.82) is 0 Å². The molecule has 0 spiro atoms. The summed E-state index contributed by atoms with van der Waals surface area (Å²) in [7, 11) is 0. The van der Waals surface area contributed by atoms with Gasteiger partial charge in [0.2, 0.25) is 0 Å². The smallest absolute Gasteiger partial charge is 0 e. The molecule has 0 N–H and O–H groups in total. The van der Waals surface area contributed by atoms with Gasteiger partial charge < -0.3 is 0 Å². The third-order valence-electron chi connectivity index (χ3n) is 10.1. The van der Waals surface area contributed by atoms with Gasteiger partial charge in [0.15, 0.2) is 0 Å². The van der Waals surface area contributed by atoms with Crippen LogP contribution in [0, 0.1) is 46.3 Å². The van der Waals surface area contributed by atoms with E-state index in [4.69, 9.17) is 0 Å². The zero-order valence-corrected chi connectivity index (χ0v) is 16.9. The van der Waals surface area contributed by atoms with E-state index < -0.39 is 0 Å². The van der Waals surface area contributed by atoms with Crippen molar-refractivity contribution in [1.82, 2.24) is 0 Å². The maximum absolute atomic E-state index is 2.73. The fourth-order valence-corrected chi connectivity index (χ4v) is 8.93. The van der Waals surface area contributed by atoms with Crippen LogP contribution in [0.25, 0.3) is 0 Å². The van der Waals surface area contributed by atoms with Gasteiger partial charge in [0.25, 0.3) is 0 Å². The molecule has 0 saturated heterocycles. The van der Waals surface area contributed by atoms with Crippen LogP contribution in [0.4, 0.5) is 0 Å². The molecule has 0 heterocycles. The van der Waals surface area contributed by atoms with Gasteiger partial charge in [-0.1, -0.05) is 53.4 Å². The van der Waals surface area contributed by atoms with E-state index in [2.05, 4.69) is 27.7 Å². The molecule has 0 radical (unpaired) electrons. The molecule has 24 heavy (non-hydrogen) atoms. The fraction of sp³-hybridized carbons (Fsp3) is 1.00. The SMILES string of the molecule is CCCC(C)C1CCC2C3CCC4CCCCC4(C)C3CCC12C.[HH]. The van der Waals surface area contributed by atoms with Crippen LogP contribution < -0.4 is 0 Å². The summed E-state index contributed by atoms with van der Waals surface area (Å²) in [5.74, 6) is 6.30. The van der Waals surface area contributed by atoms with E-state index in [1.807, 2.05) is 0 Å². The molecule has 0 amide bonds. The highest BCUT2D eigenvalue weighted by molar-refractivity contribution is 5.09. The molecule has 140 valence electrons. The largest absolute Gasteiger partial charge is 0.0654 e. The minimum atomic E-state index is 0. The molecule has 4 aliphatic rings. The molecule has 0 bridgehead atoms. The highest BCUT2D eigenvalue weighted by Crippen LogP contribution is 2.68. The van der Waals surface area contributed by atoms with Crippen LogP contribution in [-0.2, 0) is 0 Å². The quantitative estimate of drug-likeness (QED) is 0.496. The van der Waals surface area contributed by atoms with Gasteiger partial charge in [-0.3, -0.25) is 0 Å². The van der Waals surface area contributed by atoms with Crippen molar-refractivity contribution in [3.05, 3.63) is 0 Å². The highest BCUT2D eigenvalue weighted by Gasteiger charge is 2.59. The molecule has 4 rings (SSSR count). The van der Waals surface area contributed by atoms with E-state index in [1.165, 1.54) is 25.7 Å². The van der Waals surface area contributed by atoms with Crippen molar-refractivity contribution in [2.24, 2.45) is 46.3 Å². The molecular weight excluding hydrogens is 288 g/mol. The van der Waals surface area contributed by atoms with Crippen LogP contribution >= 0.6 is 0 Å². The summed E-state index contributed by atoms with van der Waals surface area (Å²) in [5, 5.41) is 0. The summed E-state index contributed by atoms with van der Waals surface area (Å²) in [6.07, 6.45) is 18.4. The van der Waals surface area contributed by atoms with Crippen molar-refractivity contribution >= 4 is 0 Å². The van der Waals surface area contributed by atoms with Gasteiger partial charge in [-0.05, 0) is 97.7 Å². The van der Waals surface area contributed by atoms with Crippen molar-refractivity contribution in [2.45, 2.75) is 105 Å². The number of hydrogen-bond donors (Lipinski definition) is 0. The summed E-state index contributed by atoms with van der Waals surface area (Å²) in [4.78, 5) is 0. The Morgan fingerprint density at radius 1 is 0.875 bits per heavy atom. The predicted molar refractivity (Wildman–Crippen MR) is 106 cm³/mol. The molecule has 0 heteroatoms. The molecule has 4 aliphatic carbocycles. The first-order valence-corrected chi connectivity index (χ1v) is 11.5. The average Bonchev–Trinajstić information content (AvgIpc) is 2.92. The zero-order valence-electron chi connectivity index (χ0n) is 16.9. The Balaban J connectivity index is 0.00000182. The number of hydrogen-bond acceptors (Lipinski definition) is 0. The van der Waals surface area contributed by atoms with Crippen molar-refractivity contribution in [2.75, 3.05) is 0 Å². The van der Waals surface area contributed by atoms with Crippen LogP contribution in [0.2, 0.25) is 0 Å². The molecule has 8 atom stereocenters. The Bertz CT molecular complexity index is 459. The molecule has 0 nitrogen and oxygen atoms in total. The van der Waals surface area contributed by atoms with Gasteiger partial charge in [-0.2, -0.15) is 0 Å². The van der Waals surface area contributed by atoms with Crippen LogP contribution in [0.5, 0.6) is 0 Å². The second-order valence-corrected chi connectivity index (χ2v) is 10.9. The molecule has 0 aromatic heterocycles. The lowest BCUT2D eigenvalue weighted by molar-refractivity contribution is -0.114. The standard InChI is InChI=1S/C24H42.H2/c1-5-8-17(2)20-12-13-21-19-11-10-18-9-6-7-15-23(18,3)22(19)14-16-24(20,21)4;/h17-22H,5-16H2,1-4H3;1H. The second kappa shape index (κ2) is 6.31. The van der Waals surface area contributed by atoms with Crippen LogP contribution in [-0.4, -0.2) is 0 Å². The van der Waals surface area contributed by atoms with Crippen molar-refractivity contribution in [3.8, 4) is 0 Å². The van der Waals surface area contributed by atoms with E-state index in [0.717, 1.165) is 40.9 Å². The predicted octanol–water partition coefficient (Wildman–Crippen LogP) is 7.72. The molecule has 4 fully saturated rings. The van der Waals surface area contributed by atoms with Gasteiger partial charge in [-0.15, -0.1) is 0 Å². The van der Waals surface area contributed by atoms with Crippen LogP contribution in [0.15, 0.2) is 0 Å². The third kappa shape index (κ3) is 2.44. The lowest BCUT2D eigenvalue weighted by atomic mass is 9.44. The third-order valence-corrected chi connectivity index (χ3v) is 10.1. The van der Waals surface area contributed by atoms with Crippen molar-refractivity contribution < 1.29 is 1.43 Å². The monoisotopic (exact) mass is 332 g/mol. The molecular formula is C24H44. The summed E-state index contributed by atoms with van der Waals surface area (Å²) in [6.45, 7) is 10.4. The van der Waals surface area contributed by atoms with Gasteiger partial charge in [0.1, 0.15) is 0 Å². The Hall–Kier alpha value is 0. The summed E-state index contributed by atoms with van der Waals surface area (Å²) in [5.41, 5.74) is 1.41. The van der Waals surface area contributed by atoms with Crippen molar-refractivity contribution in [3.63, 3.8) is 0 Å². The lowest BCUT2D eigenvalue weighted by Gasteiger charge is -2.61. The fourth-order valence-electron chi connectivity index (χ4n) is 8.93. The van der Waals surface area contributed by atoms with Gasteiger partial charge in [0.05, 0.1) is 0 Å². The van der Waals surface area contributed by atoms with Gasteiger partial charge in [-0.25, -0.2) is 0 Å². The number of fused-ring (bicyclic) bond motifs is 5. The van der Waals surface area contributed by atoms with E-state index in [0.29, 0.717) is 5.41 Å². The van der Waals surface area contributed by atoms with Crippen LogP contribution in [0.1, 0.15) is 106 Å². The topological polar surface area (TPSA) is 0 Å². The maximum Gasteiger partial charge on any atom is 0 e. The van der Waals surface area contributed by atoms with E-state index in [1.54, 1.807) is 51.4 Å². The van der Waals surface area contributed by atoms with Crippen LogP contribution in [0.3, 0.4) is 0 Å². The summed E-state index contributed by atoms with van der Waals surface area (Å²) < 4.78 is 0. The first-order valence-electron chi connectivity index (χ1n) is 11.5. The minimum absolute atomic E-state index is 0. The first kappa shape index (κ1) is 17.4. The maximum atomic E-state index is 2.73. The summed E-state index contributed by atoms with van der Waals surface area (Å²) >= 11 is 0. The zero-order chi connectivity index (χ0) is 16.9. The Morgan fingerprint density at radius 3 is 2.46 bits per heavy atom. The molecule has 8 unspecified atom stereocenters.